The zero-order valence-corrected chi connectivity index (χ0v) is 14.0. The first-order valence-electron chi connectivity index (χ1n) is 7.33. The highest BCUT2D eigenvalue weighted by molar-refractivity contribution is 5.50. The van der Waals surface area contributed by atoms with Crippen LogP contribution in [0.2, 0.25) is 0 Å². The van der Waals surface area contributed by atoms with Gasteiger partial charge in [0.25, 0.3) is 0 Å². The van der Waals surface area contributed by atoms with Crippen molar-refractivity contribution in [2.75, 3.05) is 5.32 Å². The van der Waals surface area contributed by atoms with Gasteiger partial charge in [0.15, 0.2) is 0 Å². The van der Waals surface area contributed by atoms with Gasteiger partial charge in [-0.05, 0) is 49.0 Å². The van der Waals surface area contributed by atoms with Crippen molar-refractivity contribution >= 4 is 5.69 Å². The van der Waals surface area contributed by atoms with Gasteiger partial charge in [0.1, 0.15) is 5.82 Å². The molecule has 2 nitrogen and oxygen atoms in total. The topological polar surface area (TPSA) is 24.1 Å². The minimum atomic E-state index is 0.290. The molecule has 21 heavy (non-hydrogen) atoms. The Kier molecular flexibility index (Phi) is 5.83. The average Bonchev–Trinajstić information content (AvgIpc) is 2.34. The van der Waals surface area contributed by atoms with Crippen LogP contribution in [-0.2, 0) is 0 Å². The molecule has 0 aliphatic heterocycles. The summed E-state index contributed by atoms with van der Waals surface area (Å²) in [5, 5.41) is 6.46. The van der Waals surface area contributed by atoms with Gasteiger partial charge < -0.3 is 10.6 Å². The Morgan fingerprint density at radius 2 is 1.90 bits per heavy atom. The standard InChI is InChI=1S/C19H28N2/c1-14-9-8-10-18(13-14)21-17(4)20-16(3)15(2)11-12-19(5,6)7/h8-11,13,20-21H,3-4,12H2,1-2,5-7H3/b15-11+. The Bertz CT molecular complexity index is 545. The zero-order valence-electron chi connectivity index (χ0n) is 14.0. The fourth-order valence-corrected chi connectivity index (χ4v) is 1.79. The van der Waals surface area contributed by atoms with Crippen LogP contribution in [-0.4, -0.2) is 0 Å². The lowest BCUT2D eigenvalue weighted by Crippen LogP contribution is -2.18. The van der Waals surface area contributed by atoms with Crippen molar-refractivity contribution in [3.05, 3.63) is 66.2 Å². The molecule has 0 bridgehead atoms. The van der Waals surface area contributed by atoms with Crippen molar-refractivity contribution < 1.29 is 0 Å². The summed E-state index contributed by atoms with van der Waals surface area (Å²) in [6.45, 7) is 18.9. The number of allylic oxidation sites excluding steroid dienone is 2. The van der Waals surface area contributed by atoms with Gasteiger partial charge in [-0.25, -0.2) is 0 Å². The minimum absolute atomic E-state index is 0.290. The van der Waals surface area contributed by atoms with Crippen LogP contribution in [0.5, 0.6) is 0 Å². The van der Waals surface area contributed by atoms with Gasteiger partial charge in [-0.15, -0.1) is 0 Å². The molecule has 1 rings (SSSR count). The van der Waals surface area contributed by atoms with Crippen molar-refractivity contribution in [3.63, 3.8) is 0 Å². The third-order valence-corrected chi connectivity index (χ3v) is 3.11. The maximum absolute atomic E-state index is 4.07. The third-order valence-electron chi connectivity index (χ3n) is 3.11. The predicted molar refractivity (Wildman–Crippen MR) is 94.0 cm³/mol. The number of hydrogen-bond acceptors (Lipinski definition) is 2. The molecule has 0 amide bonds. The first-order valence-corrected chi connectivity index (χ1v) is 7.33. The number of hydrogen-bond donors (Lipinski definition) is 2. The van der Waals surface area contributed by atoms with Crippen LogP contribution in [0, 0.1) is 12.3 Å². The summed E-state index contributed by atoms with van der Waals surface area (Å²) in [6, 6.07) is 8.19. The fraction of sp³-hybridized carbons (Fsp3) is 0.368. The molecule has 0 aliphatic rings. The number of nitrogens with one attached hydrogen (secondary N) is 2. The summed E-state index contributed by atoms with van der Waals surface area (Å²) >= 11 is 0. The van der Waals surface area contributed by atoms with E-state index in [1.807, 2.05) is 12.1 Å². The predicted octanol–water partition coefficient (Wildman–Crippen LogP) is 5.36. The molecule has 0 radical (unpaired) electrons. The molecule has 0 spiro atoms. The van der Waals surface area contributed by atoms with E-state index in [0.717, 1.165) is 29.2 Å². The van der Waals surface area contributed by atoms with E-state index in [0.29, 0.717) is 5.41 Å². The fourth-order valence-electron chi connectivity index (χ4n) is 1.79. The minimum Gasteiger partial charge on any atom is -0.343 e. The smallest absolute Gasteiger partial charge is 0.100 e. The molecule has 1 aromatic carbocycles. The van der Waals surface area contributed by atoms with Gasteiger partial charge in [0.05, 0.1) is 0 Å². The molecule has 0 atom stereocenters. The van der Waals surface area contributed by atoms with E-state index in [1.54, 1.807) is 0 Å². The van der Waals surface area contributed by atoms with E-state index < -0.39 is 0 Å². The van der Waals surface area contributed by atoms with E-state index in [2.05, 4.69) is 76.6 Å². The molecule has 0 aromatic heterocycles. The van der Waals surface area contributed by atoms with Crippen LogP contribution in [0.15, 0.2) is 60.6 Å². The number of rotatable bonds is 6. The lowest BCUT2D eigenvalue weighted by atomic mass is 9.91. The van der Waals surface area contributed by atoms with Crippen LogP contribution >= 0.6 is 0 Å². The molecule has 0 unspecified atom stereocenters. The lowest BCUT2D eigenvalue weighted by molar-refractivity contribution is 0.419. The van der Waals surface area contributed by atoms with Crippen molar-refractivity contribution in [2.24, 2.45) is 5.41 Å². The zero-order chi connectivity index (χ0) is 16.0. The molecule has 0 saturated carbocycles. The van der Waals surface area contributed by atoms with Gasteiger partial charge in [0, 0.05) is 11.4 Å². The van der Waals surface area contributed by atoms with E-state index in [4.69, 9.17) is 0 Å². The first kappa shape index (κ1) is 17.1. The SMILES string of the molecule is C=C(NC(=C)/C(C)=C/CC(C)(C)C)Nc1cccc(C)c1. The van der Waals surface area contributed by atoms with Gasteiger partial charge >= 0.3 is 0 Å². The molecule has 2 N–H and O–H groups in total. The maximum Gasteiger partial charge on any atom is 0.100 e. The van der Waals surface area contributed by atoms with Crippen LogP contribution in [0.25, 0.3) is 0 Å². The summed E-state index contributed by atoms with van der Waals surface area (Å²) in [7, 11) is 0. The van der Waals surface area contributed by atoms with E-state index >= 15 is 0 Å². The Hall–Kier alpha value is -1.96. The van der Waals surface area contributed by atoms with Gasteiger partial charge in [0.2, 0.25) is 0 Å². The molecule has 0 saturated heterocycles. The van der Waals surface area contributed by atoms with Gasteiger partial charge in [-0.3, -0.25) is 0 Å². The molecule has 0 fully saturated rings. The highest BCUT2D eigenvalue weighted by Gasteiger charge is 2.08. The summed E-state index contributed by atoms with van der Waals surface area (Å²) < 4.78 is 0. The van der Waals surface area contributed by atoms with E-state index in [1.165, 1.54) is 5.56 Å². The van der Waals surface area contributed by atoms with Crippen molar-refractivity contribution in [2.45, 2.75) is 41.0 Å². The monoisotopic (exact) mass is 284 g/mol. The summed E-state index contributed by atoms with van der Waals surface area (Å²) in [4.78, 5) is 0. The Balaban J connectivity index is 2.56. The van der Waals surface area contributed by atoms with Gasteiger partial charge in [-0.1, -0.05) is 52.1 Å². The van der Waals surface area contributed by atoms with Crippen LogP contribution in [0.1, 0.15) is 39.7 Å². The van der Waals surface area contributed by atoms with Crippen LogP contribution in [0.3, 0.4) is 0 Å². The molecule has 1 aromatic rings. The van der Waals surface area contributed by atoms with Crippen molar-refractivity contribution in [1.29, 1.82) is 0 Å². The van der Waals surface area contributed by atoms with Crippen LogP contribution in [0.4, 0.5) is 5.69 Å². The van der Waals surface area contributed by atoms with Gasteiger partial charge in [-0.2, -0.15) is 0 Å². The maximum atomic E-state index is 4.07. The van der Waals surface area contributed by atoms with E-state index in [-0.39, 0.29) is 0 Å². The first-order chi connectivity index (χ1) is 9.67. The second-order valence-corrected chi connectivity index (χ2v) is 6.73. The summed E-state index contributed by atoms with van der Waals surface area (Å²) in [6.07, 6.45) is 3.24. The number of benzene rings is 1. The average molecular weight is 284 g/mol. The molecule has 2 heteroatoms. The Morgan fingerprint density at radius 1 is 1.24 bits per heavy atom. The lowest BCUT2D eigenvalue weighted by Gasteiger charge is -2.18. The highest BCUT2D eigenvalue weighted by atomic mass is 15.1. The molecular weight excluding hydrogens is 256 g/mol. The molecule has 0 aliphatic carbocycles. The summed E-state index contributed by atoms with van der Waals surface area (Å²) in [5.41, 5.74) is 4.56. The second kappa shape index (κ2) is 7.16. The number of aryl methyl sites for hydroxylation is 1. The van der Waals surface area contributed by atoms with Crippen molar-refractivity contribution in [1.82, 2.24) is 5.32 Å². The van der Waals surface area contributed by atoms with Crippen molar-refractivity contribution in [3.8, 4) is 0 Å². The molecule has 0 heterocycles. The Labute approximate surface area is 129 Å². The quantitative estimate of drug-likeness (QED) is 0.687. The second-order valence-electron chi connectivity index (χ2n) is 6.73. The summed E-state index contributed by atoms with van der Waals surface area (Å²) in [5.74, 6) is 0.731. The molecular formula is C19H28N2. The largest absolute Gasteiger partial charge is 0.343 e. The van der Waals surface area contributed by atoms with Crippen LogP contribution < -0.4 is 10.6 Å². The third kappa shape index (κ3) is 6.84. The molecule has 114 valence electrons. The number of anilines is 1. The van der Waals surface area contributed by atoms with E-state index in [9.17, 15) is 0 Å². The highest BCUT2D eigenvalue weighted by Crippen LogP contribution is 2.21. The normalized spacial score (nSPS) is 12.0. The Morgan fingerprint density at radius 3 is 2.48 bits per heavy atom.